The lowest BCUT2D eigenvalue weighted by molar-refractivity contribution is -0.161. The zero-order chi connectivity index (χ0) is 48.3. The van der Waals surface area contributed by atoms with Gasteiger partial charge in [-0.1, -0.05) is 149 Å². The van der Waals surface area contributed by atoms with Crippen molar-refractivity contribution in [3.63, 3.8) is 0 Å². The molecule has 5 atom stereocenters. The molecular formula is C48H78O15P2. The lowest BCUT2D eigenvalue weighted by Crippen LogP contribution is -2.30. The van der Waals surface area contributed by atoms with Crippen molar-refractivity contribution in [3.05, 3.63) is 109 Å². The Labute approximate surface area is 387 Å². The van der Waals surface area contributed by atoms with Crippen LogP contribution >= 0.6 is 15.6 Å². The standard InChI is InChI=1S/C48H78O15P2/c1-3-5-7-8-9-10-11-12-13-14-15-16-17-18-22-25-31-38-48(53)63-46(42-62-65(57,58)61-40-45(51)39-60-64(54,55)56)41-59-47(52)37-32-26-30-36-44(50)35-29-24-21-19-20-23-28-34-43(49)33-27-6-4-2/h6,9-10,12-13,15-16,20-21,23-24,27-30,34-36,43-46,49-51H,3-5,7-8,11,14,17-19,22,25-26,31-33,37-42H2,1-2H3,(H,57,58)(H2,54,55,56)/b10-9-,13-12-,16-15-,23-20-,24-21-,27-6-,34-28+,35-29+,36-30-/t43-,44-,45+,46-/m1/s1. The van der Waals surface area contributed by atoms with Gasteiger partial charge in [-0.15, -0.1) is 0 Å². The lowest BCUT2D eigenvalue weighted by atomic mass is 10.1. The monoisotopic (exact) mass is 956 g/mol. The molecule has 0 aromatic carbocycles. The number of carbonyl (C=O) groups is 2. The number of phosphoric acid groups is 2. The fourth-order valence-corrected chi connectivity index (χ4v) is 6.48. The van der Waals surface area contributed by atoms with E-state index < -0.39 is 78.4 Å². The van der Waals surface area contributed by atoms with Gasteiger partial charge in [0.1, 0.15) is 12.7 Å². The Hall–Kier alpha value is -3.30. The Bertz CT molecular complexity index is 1590. The van der Waals surface area contributed by atoms with Crippen LogP contribution in [0.3, 0.4) is 0 Å². The molecular weight excluding hydrogens is 878 g/mol. The van der Waals surface area contributed by atoms with Crippen molar-refractivity contribution in [3.8, 4) is 0 Å². The number of phosphoric ester groups is 2. The van der Waals surface area contributed by atoms with Crippen LogP contribution in [0.15, 0.2) is 109 Å². The largest absolute Gasteiger partial charge is 0.472 e. The minimum atomic E-state index is -4.90. The van der Waals surface area contributed by atoms with Gasteiger partial charge in [0.25, 0.3) is 0 Å². The highest BCUT2D eigenvalue weighted by atomic mass is 31.2. The summed E-state index contributed by atoms with van der Waals surface area (Å²) in [6, 6.07) is 0. The zero-order valence-corrected chi connectivity index (χ0v) is 40.3. The van der Waals surface area contributed by atoms with E-state index in [9.17, 15) is 38.9 Å². The van der Waals surface area contributed by atoms with Gasteiger partial charge in [-0.3, -0.25) is 23.2 Å². The maximum atomic E-state index is 12.7. The van der Waals surface area contributed by atoms with E-state index >= 15 is 0 Å². The van der Waals surface area contributed by atoms with Crippen molar-refractivity contribution in [2.24, 2.45) is 0 Å². The minimum Gasteiger partial charge on any atom is -0.462 e. The molecule has 0 saturated heterocycles. The highest BCUT2D eigenvalue weighted by Crippen LogP contribution is 2.43. The van der Waals surface area contributed by atoms with E-state index in [-0.39, 0.29) is 12.8 Å². The average molecular weight is 957 g/mol. The van der Waals surface area contributed by atoms with Gasteiger partial charge in [-0.25, -0.2) is 9.13 Å². The first kappa shape index (κ1) is 61.7. The van der Waals surface area contributed by atoms with Gasteiger partial charge < -0.3 is 39.5 Å². The van der Waals surface area contributed by atoms with Crippen molar-refractivity contribution in [2.75, 3.05) is 26.4 Å². The summed E-state index contributed by atoms with van der Waals surface area (Å²) in [5, 5.41) is 29.8. The van der Waals surface area contributed by atoms with Crippen LogP contribution in [0.25, 0.3) is 0 Å². The number of rotatable bonds is 41. The van der Waals surface area contributed by atoms with Crippen LogP contribution < -0.4 is 0 Å². The molecule has 0 bridgehead atoms. The Morgan fingerprint density at radius 3 is 1.77 bits per heavy atom. The molecule has 0 aromatic heterocycles. The van der Waals surface area contributed by atoms with Gasteiger partial charge in [-0.2, -0.15) is 0 Å². The highest BCUT2D eigenvalue weighted by molar-refractivity contribution is 7.47. The summed E-state index contributed by atoms with van der Waals surface area (Å²) in [6.07, 6.45) is 44.3. The molecule has 65 heavy (non-hydrogen) atoms. The van der Waals surface area contributed by atoms with Gasteiger partial charge >= 0.3 is 27.6 Å². The topological polar surface area (TPSA) is 236 Å². The first-order valence-corrected chi connectivity index (χ1v) is 25.8. The molecule has 0 rings (SSSR count). The fraction of sp³-hybridized carbons (Fsp3) is 0.583. The predicted octanol–water partition coefficient (Wildman–Crippen LogP) is 9.83. The molecule has 0 spiro atoms. The van der Waals surface area contributed by atoms with E-state index in [0.29, 0.717) is 32.1 Å². The summed E-state index contributed by atoms with van der Waals surface area (Å²) in [5.74, 6) is -1.25. The Kier molecular flexibility index (Phi) is 39.9. The van der Waals surface area contributed by atoms with Crippen LogP contribution in [0.5, 0.6) is 0 Å². The number of unbranched alkanes of at least 4 members (excludes halogenated alkanes) is 8. The summed E-state index contributed by atoms with van der Waals surface area (Å²) in [5.41, 5.74) is 0. The first-order valence-electron chi connectivity index (χ1n) is 22.8. The Morgan fingerprint density at radius 2 is 1.11 bits per heavy atom. The second-order valence-electron chi connectivity index (χ2n) is 15.0. The SMILES string of the molecule is CC/C=C\C[C@@H](O)/C=C/C=C\C/C=C\C=C\[C@@H](O)/C=C\CCCC(=O)OC[C@H](COP(=O)(O)OC[C@@H](O)COP(=O)(O)O)OC(=O)CCCCCC/C=C\C/C=C\C/C=C\CCCCC. The van der Waals surface area contributed by atoms with E-state index in [4.69, 9.17) is 23.8 Å². The molecule has 370 valence electrons. The fourth-order valence-electron chi connectivity index (χ4n) is 5.33. The summed E-state index contributed by atoms with van der Waals surface area (Å²) in [7, 11) is -9.77. The van der Waals surface area contributed by atoms with Crippen LogP contribution in [-0.2, 0) is 41.8 Å². The number of carbonyl (C=O) groups excluding carboxylic acids is 2. The maximum absolute atomic E-state index is 12.7. The summed E-state index contributed by atoms with van der Waals surface area (Å²) >= 11 is 0. The summed E-state index contributed by atoms with van der Waals surface area (Å²) in [4.78, 5) is 52.8. The number of esters is 2. The summed E-state index contributed by atoms with van der Waals surface area (Å²) in [6.45, 7) is 1.28. The number of aliphatic hydroxyl groups excluding tert-OH is 3. The third-order valence-corrected chi connectivity index (χ3v) is 10.2. The third-order valence-electron chi connectivity index (χ3n) is 8.81. The molecule has 0 heterocycles. The highest BCUT2D eigenvalue weighted by Gasteiger charge is 2.28. The second kappa shape index (κ2) is 42.1. The van der Waals surface area contributed by atoms with E-state index in [1.165, 1.54) is 19.3 Å². The van der Waals surface area contributed by atoms with Crippen molar-refractivity contribution in [1.82, 2.24) is 0 Å². The van der Waals surface area contributed by atoms with Crippen LogP contribution in [0.4, 0.5) is 0 Å². The van der Waals surface area contributed by atoms with Gasteiger partial charge in [0, 0.05) is 12.8 Å². The van der Waals surface area contributed by atoms with Crippen LogP contribution in [0, 0.1) is 0 Å². The van der Waals surface area contributed by atoms with E-state index in [0.717, 1.165) is 51.4 Å². The number of hydrogen-bond donors (Lipinski definition) is 6. The quantitative estimate of drug-likeness (QED) is 0.0110. The second-order valence-corrected chi connectivity index (χ2v) is 17.7. The molecule has 0 aliphatic rings. The maximum Gasteiger partial charge on any atom is 0.472 e. The normalized spacial score (nSPS) is 15.9. The Balaban J connectivity index is 4.79. The molecule has 0 fully saturated rings. The van der Waals surface area contributed by atoms with Crippen molar-refractivity contribution >= 4 is 27.6 Å². The lowest BCUT2D eigenvalue weighted by Gasteiger charge is -2.20. The van der Waals surface area contributed by atoms with E-state index in [1.54, 1.807) is 36.5 Å². The predicted molar refractivity (Wildman–Crippen MR) is 255 cm³/mol. The van der Waals surface area contributed by atoms with Gasteiger partial charge in [0.05, 0.1) is 32.0 Å². The number of allylic oxidation sites excluding steroid dienone is 14. The number of ether oxygens (including phenoxy) is 2. The molecule has 0 saturated carbocycles. The number of aliphatic hydroxyl groups is 3. The summed E-state index contributed by atoms with van der Waals surface area (Å²) < 4.78 is 47.7. The molecule has 17 heteroatoms. The third kappa shape index (κ3) is 45.6. The van der Waals surface area contributed by atoms with Crippen LogP contribution in [-0.4, -0.2) is 92.8 Å². The molecule has 0 aliphatic heterocycles. The van der Waals surface area contributed by atoms with Gasteiger partial charge in [0.2, 0.25) is 0 Å². The molecule has 6 N–H and O–H groups in total. The van der Waals surface area contributed by atoms with Gasteiger partial charge in [0.15, 0.2) is 6.10 Å². The number of hydrogen-bond acceptors (Lipinski definition) is 12. The molecule has 1 unspecified atom stereocenters. The average Bonchev–Trinajstić information content (AvgIpc) is 3.26. The van der Waals surface area contributed by atoms with E-state index in [1.807, 2.05) is 43.4 Å². The van der Waals surface area contributed by atoms with Crippen molar-refractivity contribution in [1.29, 1.82) is 0 Å². The molecule has 0 aliphatic carbocycles. The van der Waals surface area contributed by atoms with Crippen LogP contribution in [0.1, 0.15) is 129 Å². The molecule has 15 nitrogen and oxygen atoms in total. The van der Waals surface area contributed by atoms with Crippen molar-refractivity contribution in [2.45, 2.75) is 154 Å². The zero-order valence-electron chi connectivity index (χ0n) is 38.5. The smallest absolute Gasteiger partial charge is 0.462 e. The Morgan fingerprint density at radius 1 is 0.538 bits per heavy atom. The van der Waals surface area contributed by atoms with Gasteiger partial charge in [-0.05, 0) is 77.0 Å². The molecule has 0 amide bonds. The van der Waals surface area contributed by atoms with Crippen LogP contribution in [0.2, 0.25) is 0 Å². The first-order chi connectivity index (χ1) is 31.2. The molecule has 0 aromatic rings. The van der Waals surface area contributed by atoms with E-state index in [2.05, 4.69) is 52.4 Å². The minimum absolute atomic E-state index is 0.00295. The van der Waals surface area contributed by atoms with Crippen molar-refractivity contribution < 1.29 is 71.8 Å². The molecule has 0 radical (unpaired) electrons.